The molecule has 0 aliphatic carbocycles. The number of nitrogens with zero attached hydrogens (tertiary/aromatic N) is 3. The molecule has 2 N–H and O–H groups in total. The molecular weight excluding hydrogens is 258 g/mol. The molecule has 20 heavy (non-hydrogen) atoms. The fourth-order valence-corrected chi connectivity index (χ4v) is 1.73. The molecule has 2 heterocycles. The van der Waals surface area contributed by atoms with E-state index >= 15 is 0 Å². The summed E-state index contributed by atoms with van der Waals surface area (Å²) in [5, 5.41) is 6.16. The minimum Gasteiger partial charge on any atom is -0.490 e. The van der Waals surface area contributed by atoms with Gasteiger partial charge >= 0.3 is 0 Å². The largest absolute Gasteiger partial charge is 0.490 e. The van der Waals surface area contributed by atoms with Crippen LogP contribution in [0.15, 0.2) is 24.7 Å². The van der Waals surface area contributed by atoms with Gasteiger partial charge in [-0.2, -0.15) is 0 Å². The van der Waals surface area contributed by atoms with Gasteiger partial charge in [0.05, 0.1) is 14.2 Å². The van der Waals surface area contributed by atoms with Crippen LogP contribution in [0, 0.1) is 0 Å². The first-order valence-electron chi connectivity index (χ1n) is 6.08. The Morgan fingerprint density at radius 2 is 1.90 bits per heavy atom. The highest BCUT2D eigenvalue weighted by Crippen LogP contribution is 2.28. The highest BCUT2D eigenvalue weighted by molar-refractivity contribution is 5.63. The molecule has 0 fully saturated rings. The van der Waals surface area contributed by atoms with Gasteiger partial charge in [-0.15, -0.1) is 0 Å². The van der Waals surface area contributed by atoms with Crippen LogP contribution in [-0.2, 0) is 6.54 Å². The summed E-state index contributed by atoms with van der Waals surface area (Å²) in [5.41, 5.74) is 1.03. The molecule has 0 unspecified atom stereocenters. The van der Waals surface area contributed by atoms with Crippen LogP contribution >= 0.6 is 0 Å². The van der Waals surface area contributed by atoms with Crippen molar-refractivity contribution in [3.05, 3.63) is 30.2 Å². The number of hydrogen-bond donors (Lipinski definition) is 2. The zero-order chi connectivity index (χ0) is 14.4. The minimum absolute atomic E-state index is 0.579. The van der Waals surface area contributed by atoms with Crippen LogP contribution in [0.4, 0.5) is 11.6 Å². The molecule has 0 radical (unpaired) electrons. The van der Waals surface area contributed by atoms with Gasteiger partial charge in [-0.05, 0) is 11.6 Å². The molecule has 0 aliphatic heterocycles. The van der Waals surface area contributed by atoms with E-state index in [2.05, 4.69) is 25.6 Å². The number of ether oxygens (including phenoxy) is 2. The second kappa shape index (κ2) is 6.55. The van der Waals surface area contributed by atoms with Crippen LogP contribution in [-0.4, -0.2) is 36.2 Å². The number of hydrogen-bond acceptors (Lipinski definition) is 7. The van der Waals surface area contributed by atoms with E-state index in [9.17, 15) is 0 Å². The molecule has 0 aromatic carbocycles. The summed E-state index contributed by atoms with van der Waals surface area (Å²) >= 11 is 0. The van der Waals surface area contributed by atoms with Crippen molar-refractivity contribution in [1.29, 1.82) is 0 Å². The van der Waals surface area contributed by atoms with Crippen molar-refractivity contribution >= 4 is 11.6 Å². The summed E-state index contributed by atoms with van der Waals surface area (Å²) in [7, 11) is 4.95. The molecule has 106 valence electrons. The fraction of sp³-hybridized carbons (Fsp3) is 0.308. The van der Waals surface area contributed by atoms with E-state index in [1.807, 2.05) is 12.1 Å². The quantitative estimate of drug-likeness (QED) is 0.827. The van der Waals surface area contributed by atoms with Crippen molar-refractivity contribution in [1.82, 2.24) is 15.0 Å². The van der Waals surface area contributed by atoms with Crippen molar-refractivity contribution < 1.29 is 9.47 Å². The molecule has 0 saturated heterocycles. The first kappa shape index (κ1) is 13.9. The van der Waals surface area contributed by atoms with Crippen LogP contribution in [0.2, 0.25) is 0 Å². The Labute approximate surface area is 117 Å². The van der Waals surface area contributed by atoms with Crippen LogP contribution in [0.25, 0.3) is 0 Å². The van der Waals surface area contributed by atoms with Gasteiger partial charge in [0.15, 0.2) is 11.6 Å². The Hall–Kier alpha value is -2.57. The lowest BCUT2D eigenvalue weighted by atomic mass is 10.2. The van der Waals surface area contributed by atoms with Gasteiger partial charge in [0.25, 0.3) is 0 Å². The average molecular weight is 275 g/mol. The minimum atomic E-state index is 0.579. The van der Waals surface area contributed by atoms with Gasteiger partial charge in [-0.1, -0.05) is 0 Å². The number of aromatic nitrogens is 3. The zero-order valence-corrected chi connectivity index (χ0v) is 11.7. The van der Waals surface area contributed by atoms with E-state index in [4.69, 9.17) is 9.47 Å². The van der Waals surface area contributed by atoms with E-state index in [0.29, 0.717) is 29.8 Å². The Kier molecular flexibility index (Phi) is 4.54. The maximum Gasteiger partial charge on any atom is 0.213 e. The molecule has 2 aromatic rings. The van der Waals surface area contributed by atoms with E-state index < -0.39 is 0 Å². The molecule has 7 nitrogen and oxygen atoms in total. The summed E-state index contributed by atoms with van der Waals surface area (Å²) in [6, 6.07) is 3.77. The van der Waals surface area contributed by atoms with Crippen LogP contribution in [0.1, 0.15) is 5.56 Å². The molecule has 0 saturated carbocycles. The van der Waals surface area contributed by atoms with Gasteiger partial charge in [0.2, 0.25) is 11.6 Å². The van der Waals surface area contributed by atoms with E-state index in [1.54, 1.807) is 27.5 Å². The second-order valence-electron chi connectivity index (χ2n) is 3.91. The number of rotatable bonds is 6. The summed E-state index contributed by atoms with van der Waals surface area (Å²) in [6.07, 6.45) is 3.18. The Bertz CT molecular complexity index is 576. The third-order valence-corrected chi connectivity index (χ3v) is 2.71. The van der Waals surface area contributed by atoms with Crippen molar-refractivity contribution in [3.8, 4) is 11.6 Å². The number of anilines is 2. The standard InChI is InChI=1S/C13H17N5O2/c1-14-12-11(20-3)13(18-8-17-12)16-7-9-4-5-15-10(6-9)19-2/h4-6,8H,7H2,1-3H3,(H2,14,16,17,18). The Morgan fingerprint density at radius 3 is 2.60 bits per heavy atom. The number of pyridine rings is 1. The van der Waals surface area contributed by atoms with Gasteiger partial charge in [-0.25, -0.2) is 15.0 Å². The van der Waals surface area contributed by atoms with Crippen LogP contribution in [0.5, 0.6) is 11.6 Å². The predicted molar refractivity (Wildman–Crippen MR) is 76.2 cm³/mol. The van der Waals surface area contributed by atoms with Crippen LogP contribution in [0.3, 0.4) is 0 Å². The fourth-order valence-electron chi connectivity index (χ4n) is 1.73. The van der Waals surface area contributed by atoms with E-state index in [-0.39, 0.29) is 0 Å². The summed E-state index contributed by atoms with van der Waals surface area (Å²) in [6.45, 7) is 0.579. The predicted octanol–water partition coefficient (Wildman–Crippen LogP) is 1.54. The van der Waals surface area contributed by atoms with Gasteiger partial charge < -0.3 is 20.1 Å². The maximum atomic E-state index is 5.31. The SMILES string of the molecule is CNc1ncnc(NCc2ccnc(OC)c2)c1OC. The second-order valence-corrected chi connectivity index (χ2v) is 3.91. The molecule has 2 rings (SSSR count). The molecule has 0 atom stereocenters. The molecule has 2 aromatic heterocycles. The Balaban J connectivity index is 2.14. The highest BCUT2D eigenvalue weighted by atomic mass is 16.5. The summed E-state index contributed by atoms with van der Waals surface area (Å²) < 4.78 is 10.4. The van der Waals surface area contributed by atoms with Gasteiger partial charge in [0, 0.05) is 25.9 Å². The lowest BCUT2D eigenvalue weighted by Crippen LogP contribution is -2.06. The zero-order valence-electron chi connectivity index (χ0n) is 11.7. The third-order valence-electron chi connectivity index (χ3n) is 2.71. The van der Waals surface area contributed by atoms with Crippen molar-refractivity contribution in [2.45, 2.75) is 6.54 Å². The molecule has 0 spiro atoms. The first-order valence-corrected chi connectivity index (χ1v) is 6.08. The van der Waals surface area contributed by atoms with Gasteiger partial charge in [0.1, 0.15) is 6.33 Å². The normalized spacial score (nSPS) is 9.95. The lowest BCUT2D eigenvalue weighted by Gasteiger charge is -2.12. The van der Waals surface area contributed by atoms with Crippen LogP contribution < -0.4 is 20.1 Å². The third kappa shape index (κ3) is 3.05. The average Bonchev–Trinajstić information content (AvgIpc) is 2.52. The first-order chi connectivity index (χ1) is 9.78. The smallest absolute Gasteiger partial charge is 0.213 e. The van der Waals surface area contributed by atoms with Crippen molar-refractivity contribution in [2.75, 3.05) is 31.9 Å². The van der Waals surface area contributed by atoms with Gasteiger partial charge in [-0.3, -0.25) is 0 Å². The lowest BCUT2D eigenvalue weighted by molar-refractivity contribution is 0.397. The number of methoxy groups -OCH3 is 2. The Morgan fingerprint density at radius 1 is 1.10 bits per heavy atom. The van der Waals surface area contributed by atoms with Crippen molar-refractivity contribution in [2.24, 2.45) is 0 Å². The van der Waals surface area contributed by atoms with Crippen molar-refractivity contribution in [3.63, 3.8) is 0 Å². The van der Waals surface area contributed by atoms with E-state index in [0.717, 1.165) is 5.56 Å². The molecule has 0 aliphatic rings. The van der Waals surface area contributed by atoms with E-state index in [1.165, 1.54) is 6.33 Å². The molecule has 7 heteroatoms. The monoisotopic (exact) mass is 275 g/mol. The molecular formula is C13H17N5O2. The molecule has 0 bridgehead atoms. The topological polar surface area (TPSA) is 81.2 Å². The summed E-state index contributed by atoms with van der Waals surface area (Å²) in [4.78, 5) is 12.3. The molecule has 0 amide bonds. The maximum absolute atomic E-state index is 5.31. The number of nitrogens with one attached hydrogen (secondary N) is 2. The highest BCUT2D eigenvalue weighted by Gasteiger charge is 2.10. The summed E-state index contributed by atoms with van der Waals surface area (Å²) in [5.74, 6) is 2.42.